The number of nitrogens with one attached hydrogen (secondary N) is 2. The second kappa shape index (κ2) is 10.5. The normalized spacial score (nSPS) is 12.3. The molecule has 0 bridgehead atoms. The molecule has 0 fully saturated rings. The fourth-order valence-corrected chi connectivity index (χ4v) is 3.17. The van der Waals surface area contributed by atoms with Crippen LogP contribution in [0, 0.1) is 19.3 Å². The van der Waals surface area contributed by atoms with E-state index in [1.165, 1.54) is 0 Å². The zero-order valence-corrected chi connectivity index (χ0v) is 17.6. The third-order valence-electron chi connectivity index (χ3n) is 4.60. The average molecular weight is 409 g/mol. The third-order valence-corrected chi connectivity index (χ3v) is 4.60. The predicted molar refractivity (Wildman–Crippen MR) is 119 cm³/mol. The maximum absolute atomic E-state index is 6.01. The van der Waals surface area contributed by atoms with Crippen LogP contribution in [0.25, 0.3) is 0 Å². The van der Waals surface area contributed by atoms with Crippen LogP contribution in [0.15, 0.2) is 35.3 Å². The third kappa shape index (κ3) is 5.03. The van der Waals surface area contributed by atoms with Crippen molar-refractivity contribution in [2.24, 2.45) is 4.99 Å². The maximum Gasteiger partial charge on any atom is 0.165 e. The minimum atomic E-state index is 0.411. The van der Waals surface area contributed by atoms with Crippen LogP contribution in [-0.2, 0) is 9.47 Å². The van der Waals surface area contributed by atoms with Crippen LogP contribution in [0.3, 0.4) is 0 Å². The molecular formula is C23H27N3O4. The molecule has 0 saturated carbocycles. The number of anilines is 2. The number of ether oxygens (including phenoxy) is 4. The fraction of sp³-hybridized carbons (Fsp3) is 0.348. The summed E-state index contributed by atoms with van der Waals surface area (Å²) >= 11 is 0. The molecule has 2 aromatic rings. The SMILES string of the molecule is C#Cc1cccc(NC2=NCNc3cc(OCCOC)c(OCCOC)c(C)c32)c1. The van der Waals surface area contributed by atoms with Gasteiger partial charge in [0.2, 0.25) is 0 Å². The molecular weight excluding hydrogens is 382 g/mol. The van der Waals surface area contributed by atoms with E-state index in [0.29, 0.717) is 44.6 Å². The van der Waals surface area contributed by atoms with E-state index in [1.54, 1.807) is 14.2 Å². The van der Waals surface area contributed by atoms with Gasteiger partial charge in [0.25, 0.3) is 0 Å². The minimum absolute atomic E-state index is 0.411. The Balaban J connectivity index is 1.95. The second-order valence-corrected chi connectivity index (χ2v) is 6.63. The number of aliphatic imine (C=N–C) groups is 1. The van der Waals surface area contributed by atoms with Gasteiger partial charge in [-0.1, -0.05) is 12.0 Å². The Morgan fingerprint density at radius 3 is 2.60 bits per heavy atom. The highest BCUT2D eigenvalue weighted by Crippen LogP contribution is 2.40. The smallest absolute Gasteiger partial charge is 0.165 e. The van der Waals surface area contributed by atoms with Crippen molar-refractivity contribution >= 4 is 17.2 Å². The molecule has 0 unspecified atom stereocenters. The molecule has 30 heavy (non-hydrogen) atoms. The molecule has 1 aliphatic heterocycles. The van der Waals surface area contributed by atoms with Gasteiger partial charge in [-0.05, 0) is 25.1 Å². The van der Waals surface area contributed by atoms with Gasteiger partial charge in [0.05, 0.1) is 18.9 Å². The topological polar surface area (TPSA) is 73.3 Å². The predicted octanol–water partition coefficient (Wildman–Crippen LogP) is 3.27. The number of benzene rings is 2. The zero-order chi connectivity index (χ0) is 21.3. The molecule has 1 aliphatic rings. The standard InChI is InChI=1S/C23H27N3O4/c1-5-17-7-6-8-18(13-17)26-23-21-16(2)22(30-12-10-28-4)20(29-11-9-27-3)14-19(21)24-15-25-23/h1,6-8,13-14,24H,9-12,15H2,2-4H3,(H,25,26). The Labute approximate surface area is 177 Å². The van der Waals surface area contributed by atoms with Crippen molar-refractivity contribution in [1.82, 2.24) is 0 Å². The number of rotatable bonds is 9. The van der Waals surface area contributed by atoms with E-state index in [1.807, 2.05) is 37.3 Å². The Bertz CT molecular complexity index is 950. The molecule has 0 atom stereocenters. The van der Waals surface area contributed by atoms with Gasteiger partial charge in [-0.2, -0.15) is 0 Å². The Morgan fingerprint density at radius 1 is 1.10 bits per heavy atom. The summed E-state index contributed by atoms with van der Waals surface area (Å²) in [6, 6.07) is 9.61. The summed E-state index contributed by atoms with van der Waals surface area (Å²) in [5.41, 5.74) is 4.45. The largest absolute Gasteiger partial charge is 0.487 e. The van der Waals surface area contributed by atoms with Gasteiger partial charge in [-0.15, -0.1) is 6.42 Å². The Morgan fingerprint density at radius 2 is 1.87 bits per heavy atom. The molecule has 7 heteroatoms. The molecule has 2 N–H and O–H groups in total. The molecule has 7 nitrogen and oxygen atoms in total. The first-order valence-electron chi connectivity index (χ1n) is 9.71. The van der Waals surface area contributed by atoms with Crippen molar-refractivity contribution in [3.8, 4) is 23.8 Å². The summed E-state index contributed by atoms with van der Waals surface area (Å²) in [4.78, 5) is 4.63. The average Bonchev–Trinajstić information content (AvgIpc) is 2.76. The first kappa shape index (κ1) is 21.5. The van der Waals surface area contributed by atoms with Gasteiger partial charge >= 0.3 is 0 Å². The highest BCUT2D eigenvalue weighted by molar-refractivity contribution is 6.14. The van der Waals surface area contributed by atoms with Gasteiger partial charge in [0.15, 0.2) is 11.5 Å². The van der Waals surface area contributed by atoms with E-state index in [4.69, 9.17) is 25.4 Å². The molecule has 3 rings (SSSR count). The van der Waals surface area contributed by atoms with Crippen LogP contribution < -0.4 is 20.1 Å². The number of terminal acetylenes is 1. The Kier molecular flexibility index (Phi) is 7.55. The van der Waals surface area contributed by atoms with E-state index in [0.717, 1.165) is 33.9 Å². The molecule has 0 spiro atoms. The van der Waals surface area contributed by atoms with Gasteiger partial charge in [0.1, 0.15) is 25.7 Å². The monoisotopic (exact) mass is 409 g/mol. The molecule has 2 aromatic carbocycles. The fourth-order valence-electron chi connectivity index (χ4n) is 3.17. The summed E-state index contributed by atoms with van der Waals surface area (Å²) in [5.74, 6) is 4.72. The van der Waals surface area contributed by atoms with E-state index in [-0.39, 0.29) is 0 Å². The van der Waals surface area contributed by atoms with Crippen LogP contribution in [0.4, 0.5) is 11.4 Å². The molecule has 1 heterocycles. The maximum atomic E-state index is 6.01. The molecule has 0 amide bonds. The second-order valence-electron chi connectivity index (χ2n) is 6.63. The minimum Gasteiger partial charge on any atom is -0.487 e. The molecule has 0 saturated heterocycles. The van der Waals surface area contributed by atoms with E-state index < -0.39 is 0 Å². The first-order chi connectivity index (χ1) is 14.7. The van der Waals surface area contributed by atoms with Gasteiger partial charge in [-0.25, -0.2) is 4.99 Å². The number of hydrogen-bond acceptors (Lipinski definition) is 7. The summed E-state index contributed by atoms with van der Waals surface area (Å²) in [5, 5.41) is 6.71. The summed E-state index contributed by atoms with van der Waals surface area (Å²) < 4.78 is 22.2. The lowest BCUT2D eigenvalue weighted by Crippen LogP contribution is -2.24. The van der Waals surface area contributed by atoms with Crippen molar-refractivity contribution in [2.45, 2.75) is 6.92 Å². The van der Waals surface area contributed by atoms with Gasteiger partial charge < -0.3 is 29.6 Å². The first-order valence-corrected chi connectivity index (χ1v) is 9.71. The van der Waals surface area contributed by atoms with E-state index in [2.05, 4.69) is 21.5 Å². The summed E-state index contributed by atoms with van der Waals surface area (Å²) in [6.07, 6.45) is 5.53. The van der Waals surface area contributed by atoms with Crippen LogP contribution in [-0.4, -0.2) is 53.2 Å². The zero-order valence-electron chi connectivity index (χ0n) is 17.6. The van der Waals surface area contributed by atoms with Crippen molar-refractivity contribution in [2.75, 3.05) is 57.9 Å². The van der Waals surface area contributed by atoms with Crippen molar-refractivity contribution in [1.29, 1.82) is 0 Å². The summed E-state index contributed by atoms with van der Waals surface area (Å²) in [7, 11) is 3.28. The molecule has 0 aromatic heterocycles. The number of methoxy groups -OCH3 is 2. The lowest BCUT2D eigenvalue weighted by molar-refractivity contribution is 0.132. The molecule has 0 aliphatic carbocycles. The lowest BCUT2D eigenvalue weighted by atomic mass is 10.0. The number of nitrogens with zero attached hydrogens (tertiary/aromatic N) is 1. The van der Waals surface area contributed by atoms with Crippen LogP contribution >= 0.6 is 0 Å². The van der Waals surface area contributed by atoms with Gasteiger partial charge in [-0.3, -0.25) is 0 Å². The molecule has 0 radical (unpaired) electrons. The quantitative estimate of drug-likeness (QED) is 0.489. The highest BCUT2D eigenvalue weighted by atomic mass is 16.5. The van der Waals surface area contributed by atoms with Crippen molar-refractivity contribution in [3.63, 3.8) is 0 Å². The van der Waals surface area contributed by atoms with Crippen LogP contribution in [0.5, 0.6) is 11.5 Å². The number of hydrogen-bond donors (Lipinski definition) is 2. The van der Waals surface area contributed by atoms with E-state index in [9.17, 15) is 0 Å². The van der Waals surface area contributed by atoms with E-state index >= 15 is 0 Å². The van der Waals surface area contributed by atoms with Crippen molar-refractivity contribution < 1.29 is 18.9 Å². The van der Waals surface area contributed by atoms with Crippen LogP contribution in [0.2, 0.25) is 0 Å². The summed E-state index contributed by atoms with van der Waals surface area (Å²) in [6.45, 7) is 4.24. The lowest BCUT2D eigenvalue weighted by Gasteiger charge is -2.25. The molecule has 158 valence electrons. The Hall–Kier alpha value is -3.21. The van der Waals surface area contributed by atoms with Gasteiger partial charge in [0, 0.05) is 42.7 Å². The van der Waals surface area contributed by atoms with Crippen LogP contribution in [0.1, 0.15) is 16.7 Å². The number of amidine groups is 1. The number of fused-ring (bicyclic) bond motifs is 1. The highest BCUT2D eigenvalue weighted by Gasteiger charge is 2.23. The van der Waals surface area contributed by atoms with Crippen molar-refractivity contribution in [3.05, 3.63) is 47.0 Å².